The van der Waals surface area contributed by atoms with Crippen molar-refractivity contribution in [1.82, 2.24) is 4.90 Å². The molecular formula is C27H29F6NO3. The maximum absolute atomic E-state index is 13.3. The third-order valence-electron chi connectivity index (χ3n) is 6.19. The molecule has 2 aromatic rings. The molecule has 0 unspecified atom stereocenters. The molecule has 1 fully saturated rings. The highest BCUT2D eigenvalue weighted by atomic mass is 19.4. The SMILES string of the molecule is C=C(OCC1(c2ccccc2)CCN(C(=O)OC(C)(C)C)CC1)c1cc(C(F)(F)F)cc(C(F)(F)F)c1. The van der Waals surface area contributed by atoms with Crippen LogP contribution in [0.25, 0.3) is 5.76 Å². The maximum atomic E-state index is 13.3. The number of rotatable bonds is 5. The molecule has 0 saturated carbocycles. The molecule has 0 N–H and O–H groups in total. The van der Waals surface area contributed by atoms with Crippen molar-refractivity contribution < 1.29 is 40.6 Å². The van der Waals surface area contributed by atoms with Gasteiger partial charge in [-0.1, -0.05) is 36.9 Å². The molecule has 1 aliphatic heterocycles. The zero-order chi connectivity index (χ0) is 27.6. The van der Waals surface area contributed by atoms with Gasteiger partial charge in [-0.2, -0.15) is 26.3 Å². The highest BCUT2D eigenvalue weighted by Crippen LogP contribution is 2.40. The molecule has 1 aliphatic rings. The second kappa shape index (κ2) is 10.3. The van der Waals surface area contributed by atoms with Crippen LogP contribution in [-0.2, 0) is 27.2 Å². The third kappa shape index (κ3) is 7.20. The van der Waals surface area contributed by atoms with Gasteiger partial charge in [0.25, 0.3) is 0 Å². The highest BCUT2D eigenvalue weighted by Gasteiger charge is 2.40. The Morgan fingerprint density at radius 1 is 0.919 bits per heavy atom. The summed E-state index contributed by atoms with van der Waals surface area (Å²) in [5, 5.41) is 0. The molecule has 0 aromatic heterocycles. The predicted octanol–water partition coefficient (Wildman–Crippen LogP) is 7.68. The van der Waals surface area contributed by atoms with Crippen molar-refractivity contribution in [3.8, 4) is 0 Å². The fourth-order valence-electron chi connectivity index (χ4n) is 4.18. The Balaban J connectivity index is 1.83. The van der Waals surface area contributed by atoms with Crippen LogP contribution in [0.1, 0.15) is 55.9 Å². The first-order valence-electron chi connectivity index (χ1n) is 11.7. The van der Waals surface area contributed by atoms with Gasteiger partial charge in [0.1, 0.15) is 11.4 Å². The lowest BCUT2D eigenvalue weighted by atomic mass is 9.73. The Morgan fingerprint density at radius 2 is 1.43 bits per heavy atom. The van der Waals surface area contributed by atoms with Crippen LogP contribution in [0.5, 0.6) is 0 Å². The number of amides is 1. The number of carbonyl (C=O) groups excluding carboxylic acids is 1. The minimum atomic E-state index is -4.98. The summed E-state index contributed by atoms with van der Waals surface area (Å²) in [4.78, 5) is 14.1. The van der Waals surface area contributed by atoms with E-state index in [2.05, 4.69) is 6.58 Å². The average Bonchev–Trinajstić information content (AvgIpc) is 2.81. The quantitative estimate of drug-likeness (QED) is 0.295. The number of carbonyl (C=O) groups is 1. The van der Waals surface area contributed by atoms with Crippen LogP contribution in [0, 0.1) is 0 Å². The molecule has 37 heavy (non-hydrogen) atoms. The Labute approximate surface area is 211 Å². The molecule has 0 aliphatic carbocycles. The Kier molecular flexibility index (Phi) is 7.91. The van der Waals surface area contributed by atoms with Crippen LogP contribution in [0.15, 0.2) is 55.1 Å². The fraction of sp³-hybridized carbons (Fsp3) is 0.444. The molecule has 2 aromatic carbocycles. The molecule has 0 bridgehead atoms. The van der Waals surface area contributed by atoms with Crippen molar-refractivity contribution in [1.29, 1.82) is 0 Å². The number of hydrogen-bond acceptors (Lipinski definition) is 3. The van der Waals surface area contributed by atoms with Gasteiger partial charge in [-0.3, -0.25) is 0 Å². The molecule has 1 amide bonds. The van der Waals surface area contributed by atoms with E-state index in [0.29, 0.717) is 38.1 Å². The molecule has 4 nitrogen and oxygen atoms in total. The maximum Gasteiger partial charge on any atom is 0.416 e. The molecule has 1 heterocycles. The van der Waals surface area contributed by atoms with Gasteiger partial charge in [0.15, 0.2) is 0 Å². The van der Waals surface area contributed by atoms with E-state index < -0.39 is 46.2 Å². The number of nitrogens with zero attached hydrogens (tertiary/aromatic N) is 1. The van der Waals surface area contributed by atoms with Crippen LogP contribution in [-0.4, -0.2) is 36.3 Å². The van der Waals surface area contributed by atoms with E-state index in [1.165, 1.54) is 0 Å². The zero-order valence-corrected chi connectivity index (χ0v) is 20.8. The normalized spacial score (nSPS) is 16.3. The lowest BCUT2D eigenvalue weighted by Gasteiger charge is -2.42. The first-order valence-corrected chi connectivity index (χ1v) is 11.7. The third-order valence-corrected chi connectivity index (χ3v) is 6.19. The number of benzene rings is 2. The lowest BCUT2D eigenvalue weighted by Crippen LogP contribution is -2.48. The molecule has 0 atom stereocenters. The molecular weight excluding hydrogens is 500 g/mol. The molecule has 10 heteroatoms. The number of alkyl halides is 6. The second-order valence-electron chi connectivity index (χ2n) is 10.1. The van der Waals surface area contributed by atoms with Crippen LogP contribution in [0.3, 0.4) is 0 Å². The van der Waals surface area contributed by atoms with Gasteiger partial charge in [0.05, 0.1) is 17.7 Å². The molecule has 0 spiro atoms. The summed E-state index contributed by atoms with van der Waals surface area (Å²) in [5.41, 5.74) is -3.71. The average molecular weight is 530 g/mol. The molecule has 202 valence electrons. The number of halogens is 6. The van der Waals surface area contributed by atoms with Crippen molar-refractivity contribution in [2.45, 2.75) is 57.0 Å². The van der Waals surface area contributed by atoms with Gasteiger partial charge in [-0.15, -0.1) is 0 Å². The van der Waals surface area contributed by atoms with E-state index in [0.717, 1.165) is 5.56 Å². The first-order chi connectivity index (χ1) is 17.0. The van der Waals surface area contributed by atoms with Crippen molar-refractivity contribution >= 4 is 11.9 Å². The van der Waals surface area contributed by atoms with E-state index in [1.54, 1.807) is 25.7 Å². The minimum Gasteiger partial charge on any atom is -0.493 e. The summed E-state index contributed by atoms with van der Waals surface area (Å²) in [5.74, 6) is -0.304. The van der Waals surface area contributed by atoms with Gasteiger partial charge in [-0.25, -0.2) is 4.79 Å². The molecule has 1 saturated heterocycles. The fourth-order valence-corrected chi connectivity index (χ4v) is 4.18. The van der Waals surface area contributed by atoms with Crippen molar-refractivity contribution in [2.24, 2.45) is 0 Å². The largest absolute Gasteiger partial charge is 0.493 e. The van der Waals surface area contributed by atoms with Crippen LogP contribution in [0.2, 0.25) is 0 Å². The van der Waals surface area contributed by atoms with E-state index in [9.17, 15) is 31.1 Å². The Hall–Kier alpha value is -3.17. The summed E-state index contributed by atoms with van der Waals surface area (Å²) in [6, 6.07) is 10.5. The van der Waals surface area contributed by atoms with Gasteiger partial charge in [0, 0.05) is 24.1 Å². The Morgan fingerprint density at radius 3 is 1.89 bits per heavy atom. The van der Waals surface area contributed by atoms with E-state index in [-0.39, 0.29) is 18.4 Å². The van der Waals surface area contributed by atoms with Crippen LogP contribution < -0.4 is 0 Å². The van der Waals surface area contributed by atoms with Gasteiger partial charge in [-0.05, 0) is 57.4 Å². The molecule has 3 rings (SSSR count). The van der Waals surface area contributed by atoms with Crippen LogP contribution in [0.4, 0.5) is 31.1 Å². The lowest BCUT2D eigenvalue weighted by molar-refractivity contribution is -0.143. The van der Waals surface area contributed by atoms with Crippen molar-refractivity contribution in [3.05, 3.63) is 77.4 Å². The number of ether oxygens (including phenoxy) is 2. The second-order valence-corrected chi connectivity index (χ2v) is 10.1. The van der Waals surface area contributed by atoms with Crippen molar-refractivity contribution in [3.63, 3.8) is 0 Å². The number of piperidine rings is 1. The summed E-state index contributed by atoms with van der Waals surface area (Å²) < 4.78 is 90.9. The standard InChI is InChI=1S/C27H29F6NO3/c1-18(19-14-21(26(28,29)30)16-22(15-19)27(31,32)33)36-17-25(20-8-6-5-7-9-20)10-12-34(13-11-25)23(35)37-24(2,3)4/h5-9,14-16H,1,10-13,17H2,2-4H3. The van der Waals surface area contributed by atoms with E-state index in [4.69, 9.17) is 9.47 Å². The van der Waals surface area contributed by atoms with Crippen molar-refractivity contribution in [2.75, 3.05) is 19.7 Å². The zero-order valence-electron chi connectivity index (χ0n) is 20.8. The summed E-state index contributed by atoms with van der Waals surface area (Å²) in [6.45, 7) is 9.54. The van der Waals surface area contributed by atoms with Gasteiger partial charge < -0.3 is 14.4 Å². The summed E-state index contributed by atoms with van der Waals surface area (Å²) in [7, 11) is 0. The minimum absolute atomic E-state index is 0.0460. The topological polar surface area (TPSA) is 38.8 Å². The predicted molar refractivity (Wildman–Crippen MR) is 127 cm³/mol. The van der Waals surface area contributed by atoms with Crippen LogP contribution >= 0.6 is 0 Å². The highest BCUT2D eigenvalue weighted by molar-refractivity contribution is 5.68. The Bertz CT molecular complexity index is 1080. The number of likely N-dealkylation sites (tertiary alicyclic amines) is 1. The smallest absolute Gasteiger partial charge is 0.416 e. The van der Waals surface area contributed by atoms with Gasteiger partial charge >= 0.3 is 18.4 Å². The first kappa shape index (κ1) is 28.4. The number of hydrogen-bond donors (Lipinski definition) is 0. The van der Waals surface area contributed by atoms with E-state index >= 15 is 0 Å². The van der Waals surface area contributed by atoms with Gasteiger partial charge in [0.2, 0.25) is 0 Å². The monoisotopic (exact) mass is 529 g/mol. The summed E-state index contributed by atoms with van der Waals surface area (Å²) >= 11 is 0. The van der Waals surface area contributed by atoms with E-state index in [1.807, 2.05) is 30.3 Å². The summed E-state index contributed by atoms with van der Waals surface area (Å²) in [6.07, 6.45) is -9.52. The molecule has 0 radical (unpaired) electrons.